The van der Waals surface area contributed by atoms with E-state index in [1.165, 1.54) is 6.92 Å². The summed E-state index contributed by atoms with van der Waals surface area (Å²) >= 11 is 0. The van der Waals surface area contributed by atoms with Crippen LogP contribution in [-0.4, -0.2) is 90.3 Å². The van der Waals surface area contributed by atoms with E-state index in [4.69, 9.17) is 14.2 Å². The fourth-order valence-electron chi connectivity index (χ4n) is 12.4. The van der Waals surface area contributed by atoms with Gasteiger partial charge in [-0.25, -0.2) is 4.79 Å². The molecular formula is C47H68N2O8. The highest BCUT2D eigenvalue weighted by molar-refractivity contribution is 5.90. The Bertz CT molecular complexity index is 1710. The number of benzene rings is 1. The number of aliphatic hydroxyl groups is 1. The molecule has 0 radical (unpaired) electrons. The van der Waals surface area contributed by atoms with E-state index in [1.807, 2.05) is 49.1 Å². The average Bonchev–Trinajstić information content (AvgIpc) is 3.43. The molecule has 4 saturated carbocycles. The Balaban J connectivity index is 1.23. The molecule has 1 N–H and O–H groups in total. The second-order valence-electron chi connectivity index (χ2n) is 19.0. The lowest BCUT2D eigenvalue weighted by Gasteiger charge is -2.69. The number of rotatable bonds is 11. The van der Waals surface area contributed by atoms with Crippen LogP contribution < -0.4 is 0 Å². The topological polar surface area (TPSA) is 123 Å². The van der Waals surface area contributed by atoms with E-state index in [9.17, 15) is 24.3 Å². The van der Waals surface area contributed by atoms with Crippen molar-refractivity contribution in [1.82, 2.24) is 9.80 Å². The van der Waals surface area contributed by atoms with Crippen molar-refractivity contribution >= 4 is 23.8 Å². The number of esters is 3. The number of ether oxygens (including phenoxy) is 3. The molecule has 0 unspecified atom stereocenters. The van der Waals surface area contributed by atoms with Crippen LogP contribution in [0.15, 0.2) is 53.1 Å². The van der Waals surface area contributed by atoms with Gasteiger partial charge < -0.3 is 29.1 Å². The second-order valence-corrected chi connectivity index (χ2v) is 19.0. The van der Waals surface area contributed by atoms with Crippen LogP contribution in [-0.2, 0) is 40.0 Å². The number of amides is 1. The van der Waals surface area contributed by atoms with Crippen molar-refractivity contribution in [2.45, 2.75) is 138 Å². The van der Waals surface area contributed by atoms with Gasteiger partial charge in [0.05, 0.1) is 12.5 Å². The van der Waals surface area contributed by atoms with Gasteiger partial charge in [0.15, 0.2) is 0 Å². The van der Waals surface area contributed by atoms with Crippen LogP contribution in [0.25, 0.3) is 0 Å². The Morgan fingerprint density at radius 1 is 0.895 bits per heavy atom. The van der Waals surface area contributed by atoms with Crippen molar-refractivity contribution in [3.8, 4) is 0 Å². The van der Waals surface area contributed by atoms with E-state index in [0.29, 0.717) is 50.8 Å². The zero-order chi connectivity index (χ0) is 41.3. The monoisotopic (exact) mass is 788 g/mol. The van der Waals surface area contributed by atoms with Gasteiger partial charge in [-0.2, -0.15) is 0 Å². The summed E-state index contributed by atoms with van der Waals surface area (Å²) in [5.74, 6) is -0.955. The molecule has 10 heteroatoms. The van der Waals surface area contributed by atoms with Gasteiger partial charge >= 0.3 is 17.9 Å². The lowest BCUT2D eigenvalue weighted by Crippen LogP contribution is -2.65. The van der Waals surface area contributed by atoms with Crippen LogP contribution in [0.3, 0.4) is 0 Å². The Labute approximate surface area is 340 Å². The molecule has 0 bridgehead atoms. The summed E-state index contributed by atoms with van der Waals surface area (Å²) in [6, 6.07) is 9.65. The molecule has 314 valence electrons. The molecule has 57 heavy (non-hydrogen) atoms. The Hall–Kier alpha value is -3.50. The summed E-state index contributed by atoms with van der Waals surface area (Å²) in [7, 11) is 2.05. The van der Waals surface area contributed by atoms with Gasteiger partial charge in [0.2, 0.25) is 5.91 Å². The number of hydrogen-bond donors (Lipinski definition) is 1. The lowest BCUT2D eigenvalue weighted by atomic mass is 9.36. The molecule has 1 saturated heterocycles. The number of hydrogen-bond acceptors (Lipinski definition) is 9. The Kier molecular flexibility index (Phi) is 13.1. The number of fused-ring (bicyclic) bond motifs is 5. The standard InChI is InChI=1S/C47H68N2O8/c1-30(2)13-12-16-34(44(54)55-29-33-14-10-9-11-15-33)42-36-27-37(51)43-45(5)21-20-38(57-41(53)18-17-40(52)49-25-23-48(8)24-26-49)31(3)35(45)19-22-46(43,6)47(36,7)28-39(42)56-32(4)50/h9-11,13-15,31,35-39,43,51H,12,16-29H2,1-8H3/b42-34-/t31-,35-,36-,37+,38+,39-,43-,45-,46-,47-/m0/s1. The fraction of sp³-hybridized carbons (Fsp3) is 0.702. The number of allylic oxidation sites excluding steroid dienone is 2. The molecule has 0 aromatic heterocycles. The number of aliphatic hydroxyl groups excluding tert-OH is 1. The molecule has 6 rings (SSSR count). The molecule has 1 amide bonds. The summed E-state index contributed by atoms with van der Waals surface area (Å²) in [4.78, 5) is 57.0. The minimum atomic E-state index is -0.641. The third-order valence-electron chi connectivity index (χ3n) is 15.4. The number of carbonyl (C=O) groups is 4. The molecule has 10 atom stereocenters. The zero-order valence-corrected chi connectivity index (χ0v) is 35.8. The van der Waals surface area contributed by atoms with Crippen LogP contribution in [0, 0.1) is 39.9 Å². The molecule has 4 aliphatic carbocycles. The first-order chi connectivity index (χ1) is 27.0. The van der Waals surface area contributed by atoms with Crippen LogP contribution in [0.2, 0.25) is 0 Å². The third-order valence-corrected chi connectivity index (χ3v) is 15.4. The van der Waals surface area contributed by atoms with E-state index in [1.54, 1.807) is 0 Å². The number of carbonyl (C=O) groups excluding carboxylic acids is 4. The molecule has 1 heterocycles. The van der Waals surface area contributed by atoms with E-state index in [-0.39, 0.29) is 89.3 Å². The van der Waals surface area contributed by atoms with E-state index in [0.717, 1.165) is 49.1 Å². The van der Waals surface area contributed by atoms with Crippen LogP contribution in [0.4, 0.5) is 0 Å². The van der Waals surface area contributed by atoms with Crippen molar-refractivity contribution in [3.63, 3.8) is 0 Å². The van der Waals surface area contributed by atoms with Crippen molar-refractivity contribution in [3.05, 3.63) is 58.7 Å². The van der Waals surface area contributed by atoms with Crippen molar-refractivity contribution < 1.29 is 38.5 Å². The number of nitrogens with zero attached hydrogens (tertiary/aromatic N) is 2. The highest BCUT2D eigenvalue weighted by atomic mass is 16.5. The fourth-order valence-corrected chi connectivity index (χ4v) is 12.4. The molecule has 1 aromatic rings. The molecule has 1 aliphatic heterocycles. The lowest BCUT2D eigenvalue weighted by molar-refractivity contribution is -0.236. The van der Waals surface area contributed by atoms with Gasteiger partial charge in [-0.1, -0.05) is 69.7 Å². The quantitative estimate of drug-likeness (QED) is 0.106. The Morgan fingerprint density at radius 3 is 2.26 bits per heavy atom. The summed E-state index contributed by atoms with van der Waals surface area (Å²) in [5.41, 5.74) is 2.54. The van der Waals surface area contributed by atoms with Crippen molar-refractivity contribution in [2.75, 3.05) is 33.2 Å². The maximum absolute atomic E-state index is 14.2. The number of piperazine rings is 1. The van der Waals surface area contributed by atoms with Gasteiger partial charge in [0.25, 0.3) is 0 Å². The second kappa shape index (κ2) is 17.4. The van der Waals surface area contributed by atoms with Crippen LogP contribution >= 0.6 is 0 Å². The zero-order valence-electron chi connectivity index (χ0n) is 35.8. The van der Waals surface area contributed by atoms with Crippen molar-refractivity contribution in [2.24, 2.45) is 39.9 Å². The maximum Gasteiger partial charge on any atom is 0.334 e. The van der Waals surface area contributed by atoms with Gasteiger partial charge in [-0.15, -0.1) is 0 Å². The maximum atomic E-state index is 14.2. The van der Waals surface area contributed by atoms with Crippen LogP contribution in [0.1, 0.15) is 118 Å². The molecule has 0 spiro atoms. The average molecular weight is 789 g/mol. The summed E-state index contributed by atoms with van der Waals surface area (Å²) in [5, 5.41) is 12.5. The normalized spacial score (nSPS) is 35.9. The first kappa shape index (κ1) is 43.1. The van der Waals surface area contributed by atoms with E-state index in [2.05, 4.69) is 45.7 Å². The molecule has 5 aliphatic rings. The molecule has 1 aromatic carbocycles. The predicted molar refractivity (Wildman–Crippen MR) is 218 cm³/mol. The minimum Gasteiger partial charge on any atom is -0.462 e. The third kappa shape index (κ3) is 8.64. The highest BCUT2D eigenvalue weighted by Gasteiger charge is 2.71. The predicted octanol–water partition coefficient (Wildman–Crippen LogP) is 7.43. The molecule has 10 nitrogen and oxygen atoms in total. The molecule has 5 fully saturated rings. The largest absolute Gasteiger partial charge is 0.462 e. The van der Waals surface area contributed by atoms with Gasteiger partial charge in [0.1, 0.15) is 18.8 Å². The SMILES string of the molecule is CC(=O)O[C@H]1C[C@@]2(C)[C@@H](C[C@@H](O)[C@H]3[C@@]4(C)CC[C@@H](OC(=O)CCC(=O)N5CCN(C)CC5)[C@@H](C)[C@@H]4CC[C@@]32C)/C1=C(\CCC=C(C)C)C(=O)OCc1ccccc1. The van der Waals surface area contributed by atoms with Gasteiger partial charge in [-0.3, -0.25) is 14.4 Å². The van der Waals surface area contributed by atoms with E-state index < -0.39 is 12.2 Å². The first-order valence-electron chi connectivity index (χ1n) is 21.6. The van der Waals surface area contributed by atoms with E-state index >= 15 is 0 Å². The summed E-state index contributed by atoms with van der Waals surface area (Å²) in [6.07, 6.45) is 6.36. The Morgan fingerprint density at radius 2 is 1.60 bits per heavy atom. The van der Waals surface area contributed by atoms with Crippen molar-refractivity contribution in [1.29, 1.82) is 0 Å². The molecular weight excluding hydrogens is 721 g/mol. The van der Waals surface area contributed by atoms with Crippen LogP contribution in [0.5, 0.6) is 0 Å². The smallest absolute Gasteiger partial charge is 0.334 e. The number of likely N-dealkylation sites (N-methyl/N-ethyl adjacent to an activating group) is 1. The first-order valence-corrected chi connectivity index (χ1v) is 21.6. The van der Waals surface area contributed by atoms with Gasteiger partial charge in [0, 0.05) is 45.1 Å². The van der Waals surface area contributed by atoms with Gasteiger partial charge in [-0.05, 0) is 123 Å². The summed E-state index contributed by atoms with van der Waals surface area (Å²) < 4.78 is 18.3. The highest BCUT2D eigenvalue weighted by Crippen LogP contribution is 2.74. The summed E-state index contributed by atoms with van der Waals surface area (Å²) in [6.45, 7) is 17.9. The minimum absolute atomic E-state index is 0.0129.